The molecule has 0 aromatic carbocycles. The van der Waals surface area contributed by atoms with Crippen LogP contribution in [0.5, 0.6) is 0 Å². The van der Waals surface area contributed by atoms with Crippen LogP contribution in [0, 0.1) is 5.92 Å². The molecule has 1 saturated carbocycles. The highest BCUT2D eigenvalue weighted by Crippen LogP contribution is 2.26. The van der Waals surface area contributed by atoms with Crippen LogP contribution in [0.3, 0.4) is 0 Å². The molecule has 0 aromatic rings. The Labute approximate surface area is 155 Å². The number of aliphatic imine (C=N–C) groups is 1. The topological polar surface area (TPSA) is 56.7 Å². The van der Waals surface area contributed by atoms with Crippen LogP contribution in [0.2, 0.25) is 0 Å². The number of carbonyl (C=O) groups excluding carboxylic acids is 1. The molecule has 0 aromatic heterocycles. The van der Waals surface area contributed by atoms with Gasteiger partial charge in [0.05, 0.1) is 6.67 Å². The summed E-state index contributed by atoms with van der Waals surface area (Å²) in [6.07, 6.45) is 7.20. The number of halogens is 2. The highest BCUT2D eigenvalue weighted by atomic mass is 127. The smallest absolute Gasteiger partial charge is 0.225 e. The maximum atomic E-state index is 12.5. The van der Waals surface area contributed by atoms with E-state index in [1.54, 1.807) is 7.05 Å². The quantitative estimate of drug-likeness (QED) is 0.299. The number of hydrogen-bond donors (Lipinski definition) is 2. The summed E-state index contributed by atoms with van der Waals surface area (Å²) in [5.74, 6) is 1.28. The molecule has 2 aliphatic rings. The first-order valence-electron chi connectivity index (χ1n) is 8.56. The first-order valence-corrected chi connectivity index (χ1v) is 8.56. The van der Waals surface area contributed by atoms with Gasteiger partial charge in [-0.2, -0.15) is 0 Å². The fourth-order valence-corrected chi connectivity index (χ4v) is 3.35. The van der Waals surface area contributed by atoms with Crippen LogP contribution in [-0.2, 0) is 4.79 Å². The SMILES string of the molecule is CN=C(NCCCF)NC1CCN(C(=O)C2CCCCC2)C1.I. The summed E-state index contributed by atoms with van der Waals surface area (Å²) in [4.78, 5) is 18.7. The van der Waals surface area contributed by atoms with Gasteiger partial charge in [-0.3, -0.25) is 14.2 Å². The van der Waals surface area contributed by atoms with Gasteiger partial charge in [-0.25, -0.2) is 0 Å². The van der Waals surface area contributed by atoms with E-state index >= 15 is 0 Å². The summed E-state index contributed by atoms with van der Waals surface area (Å²) >= 11 is 0. The lowest BCUT2D eigenvalue weighted by Gasteiger charge is -2.26. The molecule has 1 atom stereocenters. The monoisotopic (exact) mass is 440 g/mol. The van der Waals surface area contributed by atoms with Crippen LogP contribution in [-0.4, -0.2) is 56.2 Å². The zero-order valence-electron chi connectivity index (χ0n) is 14.0. The Bertz CT molecular complexity index is 388. The van der Waals surface area contributed by atoms with Crippen LogP contribution >= 0.6 is 24.0 Å². The number of nitrogens with one attached hydrogen (secondary N) is 2. The average Bonchev–Trinajstić information content (AvgIpc) is 3.02. The lowest BCUT2D eigenvalue weighted by molar-refractivity contribution is -0.135. The third-order valence-electron chi connectivity index (χ3n) is 4.62. The van der Waals surface area contributed by atoms with Crippen LogP contribution in [0.15, 0.2) is 4.99 Å². The number of nitrogens with zero attached hydrogens (tertiary/aromatic N) is 2. The van der Waals surface area contributed by atoms with Crippen LogP contribution in [0.1, 0.15) is 44.9 Å². The van der Waals surface area contributed by atoms with Crippen LogP contribution < -0.4 is 10.6 Å². The van der Waals surface area contributed by atoms with Crippen molar-refractivity contribution in [1.29, 1.82) is 0 Å². The molecular weight excluding hydrogens is 410 g/mol. The van der Waals surface area contributed by atoms with Crippen molar-refractivity contribution < 1.29 is 9.18 Å². The van der Waals surface area contributed by atoms with Crippen molar-refractivity contribution in [3.8, 4) is 0 Å². The second-order valence-electron chi connectivity index (χ2n) is 6.29. The summed E-state index contributed by atoms with van der Waals surface area (Å²) in [5, 5.41) is 6.43. The molecule has 1 amide bonds. The molecule has 0 bridgehead atoms. The summed E-state index contributed by atoms with van der Waals surface area (Å²) in [5.41, 5.74) is 0. The Morgan fingerprint density at radius 1 is 1.26 bits per heavy atom. The summed E-state index contributed by atoms with van der Waals surface area (Å²) in [7, 11) is 1.71. The number of hydrogen-bond acceptors (Lipinski definition) is 2. The number of amides is 1. The minimum atomic E-state index is -0.322. The predicted molar refractivity (Wildman–Crippen MR) is 102 cm³/mol. The van der Waals surface area contributed by atoms with E-state index < -0.39 is 0 Å². The third kappa shape index (κ3) is 6.43. The Balaban J connectivity index is 0.00000264. The molecule has 1 unspecified atom stereocenters. The highest BCUT2D eigenvalue weighted by molar-refractivity contribution is 14.0. The molecule has 2 fully saturated rings. The lowest BCUT2D eigenvalue weighted by Crippen LogP contribution is -2.45. The molecule has 2 rings (SSSR count). The third-order valence-corrected chi connectivity index (χ3v) is 4.62. The van der Waals surface area contributed by atoms with Crippen molar-refractivity contribution in [3.05, 3.63) is 0 Å². The van der Waals surface area contributed by atoms with Gasteiger partial charge in [-0.05, 0) is 25.7 Å². The van der Waals surface area contributed by atoms with E-state index in [0.29, 0.717) is 24.8 Å². The number of rotatable bonds is 5. The zero-order valence-corrected chi connectivity index (χ0v) is 16.4. The fraction of sp³-hybridized carbons (Fsp3) is 0.875. The Morgan fingerprint density at radius 2 is 2.00 bits per heavy atom. The van der Waals surface area contributed by atoms with E-state index in [1.165, 1.54) is 19.3 Å². The van der Waals surface area contributed by atoms with Gasteiger partial charge in [0.2, 0.25) is 5.91 Å². The normalized spacial score (nSPS) is 22.6. The van der Waals surface area contributed by atoms with E-state index in [4.69, 9.17) is 0 Å². The molecule has 2 N–H and O–H groups in total. The first-order chi connectivity index (χ1) is 10.7. The molecule has 0 radical (unpaired) electrons. The maximum absolute atomic E-state index is 12.5. The largest absolute Gasteiger partial charge is 0.356 e. The molecular formula is C16H30FIN4O. The van der Waals surface area contributed by atoms with Crippen LogP contribution in [0.25, 0.3) is 0 Å². The van der Waals surface area contributed by atoms with E-state index in [0.717, 1.165) is 32.4 Å². The van der Waals surface area contributed by atoms with Crippen molar-refractivity contribution >= 4 is 35.8 Å². The van der Waals surface area contributed by atoms with E-state index in [2.05, 4.69) is 15.6 Å². The van der Waals surface area contributed by atoms with Gasteiger partial charge >= 0.3 is 0 Å². The minimum Gasteiger partial charge on any atom is -0.356 e. The van der Waals surface area contributed by atoms with Gasteiger partial charge in [0.1, 0.15) is 0 Å². The summed E-state index contributed by atoms with van der Waals surface area (Å²) in [6.45, 7) is 1.83. The number of likely N-dealkylation sites (tertiary alicyclic amines) is 1. The standard InChI is InChI=1S/C16H29FN4O.HI/c1-18-16(19-10-5-9-17)20-14-8-11-21(12-14)15(22)13-6-3-2-4-7-13;/h13-14H,2-12H2,1H3,(H2,18,19,20);1H. The van der Waals surface area contributed by atoms with Gasteiger partial charge in [-0.15, -0.1) is 24.0 Å². The van der Waals surface area contributed by atoms with Gasteiger partial charge in [0.15, 0.2) is 5.96 Å². The maximum Gasteiger partial charge on any atom is 0.225 e. The van der Waals surface area contributed by atoms with Gasteiger partial charge in [-0.1, -0.05) is 19.3 Å². The molecule has 1 saturated heterocycles. The van der Waals surface area contributed by atoms with Crippen molar-refractivity contribution in [2.75, 3.05) is 33.4 Å². The zero-order chi connectivity index (χ0) is 15.8. The molecule has 1 aliphatic carbocycles. The van der Waals surface area contributed by atoms with Crippen molar-refractivity contribution in [3.63, 3.8) is 0 Å². The van der Waals surface area contributed by atoms with Gasteiger partial charge in [0, 0.05) is 38.6 Å². The lowest BCUT2D eigenvalue weighted by atomic mass is 9.88. The predicted octanol–water partition coefficient (Wildman–Crippen LogP) is 2.31. The molecule has 23 heavy (non-hydrogen) atoms. The molecule has 0 spiro atoms. The molecule has 1 aliphatic heterocycles. The first kappa shape index (κ1) is 20.4. The summed E-state index contributed by atoms with van der Waals surface area (Å²) in [6, 6.07) is 0.240. The number of guanidine groups is 1. The second kappa shape index (κ2) is 11.0. The van der Waals surface area contributed by atoms with Crippen molar-refractivity contribution in [2.45, 2.75) is 51.0 Å². The Hall–Kier alpha value is -0.600. The molecule has 134 valence electrons. The Kier molecular flexibility index (Phi) is 9.81. The van der Waals surface area contributed by atoms with E-state index in [-0.39, 0.29) is 42.6 Å². The fourth-order valence-electron chi connectivity index (χ4n) is 3.35. The Morgan fingerprint density at radius 3 is 2.65 bits per heavy atom. The second-order valence-corrected chi connectivity index (χ2v) is 6.29. The number of alkyl halides is 1. The summed E-state index contributed by atoms with van der Waals surface area (Å²) < 4.78 is 12.1. The van der Waals surface area contributed by atoms with Crippen LogP contribution in [0.4, 0.5) is 4.39 Å². The molecule has 5 nitrogen and oxygen atoms in total. The van der Waals surface area contributed by atoms with Gasteiger partial charge < -0.3 is 15.5 Å². The van der Waals surface area contributed by atoms with E-state index in [1.807, 2.05) is 4.90 Å². The highest BCUT2D eigenvalue weighted by Gasteiger charge is 2.31. The van der Waals surface area contributed by atoms with Crippen molar-refractivity contribution in [2.24, 2.45) is 10.9 Å². The average molecular weight is 440 g/mol. The molecule has 1 heterocycles. The van der Waals surface area contributed by atoms with E-state index in [9.17, 15) is 9.18 Å². The minimum absolute atomic E-state index is 0. The molecule has 7 heteroatoms. The number of carbonyl (C=O) groups is 1. The van der Waals surface area contributed by atoms with Crippen molar-refractivity contribution in [1.82, 2.24) is 15.5 Å². The van der Waals surface area contributed by atoms with Gasteiger partial charge in [0.25, 0.3) is 0 Å².